The molecule has 0 fully saturated rings. The number of carbonyl (C=O) groups excluding carboxylic acids is 1. The Bertz CT molecular complexity index is 826. The van der Waals surface area contributed by atoms with Gasteiger partial charge >= 0.3 is 0 Å². The molecule has 0 aliphatic rings. The van der Waals surface area contributed by atoms with E-state index < -0.39 is 0 Å². The van der Waals surface area contributed by atoms with E-state index in [0.29, 0.717) is 23.3 Å². The number of carbonyl (C=O) groups is 1. The zero-order valence-electron chi connectivity index (χ0n) is 12.2. The first-order chi connectivity index (χ1) is 10.7. The molecular weight excluding hydrogens is 280 g/mol. The van der Waals surface area contributed by atoms with Crippen LogP contribution in [0.15, 0.2) is 36.8 Å². The monoisotopic (exact) mass is 296 g/mol. The number of nitrogens with zero attached hydrogens (tertiary/aromatic N) is 4. The predicted molar refractivity (Wildman–Crippen MR) is 84.6 cm³/mol. The Morgan fingerprint density at radius 2 is 2.23 bits per heavy atom. The standard InChI is InChI=1S/C15H16N6O/c1-2-4-13(22)20-10-5-3-6-11(7-10)21-15-12(8-19-21)14(16)17-9-18-15/h3,5-9H,2,4H2,1H3,(H,20,22)(H2,16,17,18). The molecule has 2 heterocycles. The van der Waals surface area contributed by atoms with Gasteiger partial charge in [-0.1, -0.05) is 13.0 Å². The van der Waals surface area contributed by atoms with Crippen LogP contribution in [0.5, 0.6) is 0 Å². The lowest BCUT2D eigenvalue weighted by Gasteiger charge is -2.07. The van der Waals surface area contributed by atoms with E-state index >= 15 is 0 Å². The number of aromatic nitrogens is 4. The van der Waals surface area contributed by atoms with Gasteiger partial charge in [0.05, 0.1) is 17.3 Å². The van der Waals surface area contributed by atoms with Crippen LogP contribution in [-0.4, -0.2) is 25.7 Å². The summed E-state index contributed by atoms with van der Waals surface area (Å²) in [5, 5.41) is 7.87. The van der Waals surface area contributed by atoms with Gasteiger partial charge in [0.25, 0.3) is 0 Å². The number of amides is 1. The second kappa shape index (κ2) is 5.80. The maximum atomic E-state index is 11.7. The van der Waals surface area contributed by atoms with Crippen molar-refractivity contribution in [2.24, 2.45) is 0 Å². The third-order valence-electron chi connectivity index (χ3n) is 3.25. The van der Waals surface area contributed by atoms with E-state index in [9.17, 15) is 4.79 Å². The van der Waals surface area contributed by atoms with Crippen LogP contribution in [0.1, 0.15) is 19.8 Å². The summed E-state index contributed by atoms with van der Waals surface area (Å²) in [6.07, 6.45) is 4.35. The van der Waals surface area contributed by atoms with Gasteiger partial charge in [0.15, 0.2) is 5.65 Å². The van der Waals surface area contributed by atoms with E-state index in [1.54, 1.807) is 10.9 Å². The molecule has 2 aromatic heterocycles. The van der Waals surface area contributed by atoms with Crippen molar-refractivity contribution >= 4 is 28.4 Å². The van der Waals surface area contributed by atoms with Crippen molar-refractivity contribution in [1.29, 1.82) is 0 Å². The predicted octanol–water partition coefficient (Wildman–Crippen LogP) is 2.14. The van der Waals surface area contributed by atoms with Crippen molar-refractivity contribution in [3.8, 4) is 5.69 Å². The fraction of sp³-hybridized carbons (Fsp3) is 0.200. The molecule has 0 unspecified atom stereocenters. The summed E-state index contributed by atoms with van der Waals surface area (Å²) >= 11 is 0. The van der Waals surface area contributed by atoms with E-state index in [1.807, 2.05) is 31.2 Å². The largest absolute Gasteiger partial charge is 0.383 e. The van der Waals surface area contributed by atoms with Gasteiger partial charge in [-0.05, 0) is 24.6 Å². The number of benzene rings is 1. The minimum atomic E-state index is -0.00320. The lowest BCUT2D eigenvalue weighted by Crippen LogP contribution is -2.11. The van der Waals surface area contributed by atoms with Crippen LogP contribution in [0.4, 0.5) is 11.5 Å². The van der Waals surface area contributed by atoms with Crippen LogP contribution in [0.3, 0.4) is 0 Å². The number of nitrogens with two attached hydrogens (primary N) is 1. The molecule has 7 nitrogen and oxygen atoms in total. The van der Waals surface area contributed by atoms with E-state index in [0.717, 1.165) is 17.8 Å². The van der Waals surface area contributed by atoms with Gasteiger partial charge in [0.1, 0.15) is 12.1 Å². The molecule has 0 saturated heterocycles. The Labute approximate surface area is 127 Å². The molecule has 1 amide bonds. The smallest absolute Gasteiger partial charge is 0.224 e. The molecule has 0 radical (unpaired) electrons. The van der Waals surface area contributed by atoms with E-state index in [4.69, 9.17) is 5.73 Å². The molecule has 3 N–H and O–H groups in total. The number of hydrogen-bond donors (Lipinski definition) is 2. The van der Waals surface area contributed by atoms with Crippen LogP contribution in [-0.2, 0) is 4.79 Å². The van der Waals surface area contributed by atoms with Gasteiger partial charge in [-0.3, -0.25) is 4.79 Å². The number of nitrogen functional groups attached to an aromatic ring is 1. The summed E-state index contributed by atoms with van der Waals surface area (Å²) in [5.74, 6) is 0.389. The Hall–Kier alpha value is -2.96. The second-order valence-corrected chi connectivity index (χ2v) is 4.90. The van der Waals surface area contributed by atoms with Gasteiger partial charge in [-0.2, -0.15) is 5.10 Å². The minimum absolute atomic E-state index is 0.00320. The number of rotatable bonds is 4. The quantitative estimate of drug-likeness (QED) is 0.768. The second-order valence-electron chi connectivity index (χ2n) is 4.90. The molecular formula is C15H16N6O. The maximum absolute atomic E-state index is 11.7. The zero-order valence-corrected chi connectivity index (χ0v) is 12.2. The Balaban J connectivity index is 1.97. The molecule has 7 heteroatoms. The third kappa shape index (κ3) is 2.60. The fourth-order valence-corrected chi connectivity index (χ4v) is 2.22. The fourth-order valence-electron chi connectivity index (χ4n) is 2.22. The highest BCUT2D eigenvalue weighted by atomic mass is 16.1. The average molecular weight is 296 g/mol. The molecule has 0 atom stereocenters. The van der Waals surface area contributed by atoms with E-state index in [-0.39, 0.29) is 5.91 Å². The van der Waals surface area contributed by atoms with Gasteiger partial charge in [-0.25, -0.2) is 14.6 Å². The number of hydrogen-bond acceptors (Lipinski definition) is 5. The maximum Gasteiger partial charge on any atom is 0.224 e. The molecule has 1 aromatic carbocycles. The van der Waals surface area contributed by atoms with Crippen LogP contribution in [0.25, 0.3) is 16.7 Å². The Kier molecular flexibility index (Phi) is 3.69. The van der Waals surface area contributed by atoms with Gasteiger partial charge < -0.3 is 11.1 Å². The van der Waals surface area contributed by atoms with Crippen molar-refractivity contribution in [1.82, 2.24) is 19.7 Å². The average Bonchev–Trinajstić information content (AvgIpc) is 2.93. The summed E-state index contributed by atoms with van der Waals surface area (Å²) in [7, 11) is 0. The topological polar surface area (TPSA) is 98.7 Å². The molecule has 0 saturated carbocycles. The lowest BCUT2D eigenvalue weighted by molar-refractivity contribution is -0.116. The molecule has 0 aliphatic carbocycles. The number of nitrogens with one attached hydrogen (secondary N) is 1. The van der Waals surface area contributed by atoms with E-state index in [1.165, 1.54) is 6.33 Å². The third-order valence-corrected chi connectivity index (χ3v) is 3.25. The van der Waals surface area contributed by atoms with Crippen molar-refractivity contribution < 1.29 is 4.79 Å². The first-order valence-corrected chi connectivity index (χ1v) is 7.03. The van der Waals surface area contributed by atoms with Gasteiger partial charge in [0.2, 0.25) is 5.91 Å². The molecule has 0 aliphatic heterocycles. The van der Waals surface area contributed by atoms with Crippen LogP contribution >= 0.6 is 0 Å². The summed E-state index contributed by atoms with van der Waals surface area (Å²) in [6.45, 7) is 1.97. The zero-order chi connectivity index (χ0) is 15.5. The first-order valence-electron chi connectivity index (χ1n) is 7.03. The van der Waals surface area contributed by atoms with Gasteiger partial charge in [-0.15, -0.1) is 0 Å². The first kappa shape index (κ1) is 14.0. The molecule has 0 spiro atoms. The highest BCUT2D eigenvalue weighted by Gasteiger charge is 2.10. The SMILES string of the molecule is CCCC(=O)Nc1cccc(-n2ncc3c(N)ncnc32)c1. The van der Waals surface area contributed by atoms with Crippen molar-refractivity contribution in [2.45, 2.75) is 19.8 Å². The van der Waals surface area contributed by atoms with Crippen molar-refractivity contribution in [3.63, 3.8) is 0 Å². The number of anilines is 2. The Morgan fingerprint density at radius 3 is 3.05 bits per heavy atom. The highest BCUT2D eigenvalue weighted by Crippen LogP contribution is 2.21. The summed E-state index contributed by atoms with van der Waals surface area (Å²) < 4.78 is 1.67. The molecule has 0 bridgehead atoms. The molecule has 22 heavy (non-hydrogen) atoms. The molecule has 3 rings (SSSR count). The normalized spacial score (nSPS) is 10.8. The Morgan fingerprint density at radius 1 is 1.36 bits per heavy atom. The lowest BCUT2D eigenvalue weighted by atomic mass is 10.2. The summed E-state index contributed by atoms with van der Waals surface area (Å²) in [5.41, 5.74) is 7.96. The van der Waals surface area contributed by atoms with Crippen LogP contribution in [0, 0.1) is 0 Å². The minimum Gasteiger partial charge on any atom is -0.383 e. The van der Waals surface area contributed by atoms with Crippen molar-refractivity contribution in [2.75, 3.05) is 11.1 Å². The van der Waals surface area contributed by atoms with Crippen LogP contribution in [0.2, 0.25) is 0 Å². The van der Waals surface area contributed by atoms with Crippen LogP contribution < -0.4 is 11.1 Å². The molecule has 3 aromatic rings. The van der Waals surface area contributed by atoms with Gasteiger partial charge in [0, 0.05) is 12.1 Å². The van der Waals surface area contributed by atoms with Crippen molar-refractivity contribution in [3.05, 3.63) is 36.8 Å². The van der Waals surface area contributed by atoms with E-state index in [2.05, 4.69) is 20.4 Å². The highest BCUT2D eigenvalue weighted by molar-refractivity contribution is 5.91. The summed E-state index contributed by atoms with van der Waals surface area (Å²) in [4.78, 5) is 19.9. The molecule has 112 valence electrons. The number of fused-ring (bicyclic) bond motifs is 1. The summed E-state index contributed by atoms with van der Waals surface area (Å²) in [6, 6.07) is 7.43.